The number of nitrogens with zero attached hydrogens (tertiary/aromatic N) is 1. The maximum absolute atomic E-state index is 11.8. The average Bonchev–Trinajstić information content (AvgIpc) is 2.41. The third-order valence-corrected chi connectivity index (χ3v) is 3.65. The highest BCUT2D eigenvalue weighted by molar-refractivity contribution is 6.31. The van der Waals surface area contributed by atoms with E-state index in [4.69, 9.17) is 11.6 Å². The van der Waals surface area contributed by atoms with Gasteiger partial charge in [0.25, 0.3) is 5.91 Å². The maximum atomic E-state index is 11.8. The molecule has 1 heterocycles. The van der Waals surface area contributed by atoms with Gasteiger partial charge in [-0.3, -0.25) is 10.2 Å². The summed E-state index contributed by atoms with van der Waals surface area (Å²) in [5, 5.41) is 2.71. The van der Waals surface area contributed by atoms with Crippen molar-refractivity contribution in [3.8, 4) is 0 Å². The van der Waals surface area contributed by atoms with Gasteiger partial charge in [0.15, 0.2) is 0 Å². The first kappa shape index (κ1) is 14.1. The molecule has 0 radical (unpaired) electrons. The molecule has 0 saturated carbocycles. The molecular formula is C15H19ClN2O. The van der Waals surface area contributed by atoms with Crippen LogP contribution in [0.15, 0.2) is 24.3 Å². The van der Waals surface area contributed by atoms with Gasteiger partial charge in [0.1, 0.15) is 0 Å². The Labute approximate surface area is 119 Å². The number of carbonyl (C=O) groups is 1. The minimum absolute atomic E-state index is 0.0846. The number of nitrogens with one attached hydrogen (secondary N) is 1. The van der Waals surface area contributed by atoms with Crippen LogP contribution in [0.1, 0.15) is 30.4 Å². The van der Waals surface area contributed by atoms with Crippen LogP contribution in [-0.2, 0) is 4.79 Å². The number of hydrogen-bond acceptors (Lipinski definition) is 2. The lowest BCUT2D eigenvalue weighted by molar-refractivity contribution is -0.121. The van der Waals surface area contributed by atoms with E-state index in [1.807, 2.05) is 30.1 Å². The highest BCUT2D eigenvalue weighted by Crippen LogP contribution is 2.17. The normalized spacial score (nSPS) is 16.7. The number of benzene rings is 1. The van der Waals surface area contributed by atoms with Gasteiger partial charge in [0, 0.05) is 24.2 Å². The van der Waals surface area contributed by atoms with Crippen molar-refractivity contribution in [2.45, 2.75) is 26.2 Å². The number of aryl methyl sites for hydroxylation is 1. The van der Waals surface area contributed by atoms with E-state index >= 15 is 0 Å². The van der Waals surface area contributed by atoms with E-state index in [1.54, 1.807) is 12.2 Å². The molecule has 1 aromatic rings. The number of carbonyl (C=O) groups excluding carboxylic acids is 1. The summed E-state index contributed by atoms with van der Waals surface area (Å²) in [6, 6.07) is 5.76. The molecule has 1 aromatic carbocycles. The summed E-state index contributed by atoms with van der Waals surface area (Å²) in [6.07, 6.45) is 6.89. The van der Waals surface area contributed by atoms with E-state index < -0.39 is 0 Å². The van der Waals surface area contributed by atoms with Gasteiger partial charge in [-0.2, -0.15) is 0 Å². The Kier molecular flexibility index (Phi) is 5.00. The summed E-state index contributed by atoms with van der Waals surface area (Å²) in [5.74, 6) is -0.0846. The molecule has 0 bridgehead atoms. The molecule has 19 heavy (non-hydrogen) atoms. The molecule has 1 saturated heterocycles. The van der Waals surface area contributed by atoms with E-state index in [0.717, 1.165) is 42.1 Å². The van der Waals surface area contributed by atoms with Crippen LogP contribution in [0.3, 0.4) is 0 Å². The summed E-state index contributed by atoms with van der Waals surface area (Å²) in [5.41, 5.74) is 4.86. The van der Waals surface area contributed by atoms with Crippen LogP contribution >= 0.6 is 11.6 Å². The van der Waals surface area contributed by atoms with Gasteiger partial charge in [0.05, 0.1) is 0 Å². The van der Waals surface area contributed by atoms with Gasteiger partial charge in [0.2, 0.25) is 0 Å². The minimum Gasteiger partial charge on any atom is -0.285 e. The summed E-state index contributed by atoms with van der Waals surface area (Å²) >= 11 is 6.04. The smallest absolute Gasteiger partial charge is 0.258 e. The molecule has 2 rings (SSSR count). The Balaban J connectivity index is 1.90. The lowest BCUT2D eigenvalue weighted by atomic mass is 10.1. The second-order valence-electron chi connectivity index (χ2n) is 4.87. The molecule has 3 nitrogen and oxygen atoms in total. The predicted octanol–water partition coefficient (Wildman–Crippen LogP) is 3.18. The van der Waals surface area contributed by atoms with Gasteiger partial charge in [-0.15, -0.1) is 0 Å². The Morgan fingerprint density at radius 2 is 2.05 bits per heavy atom. The highest BCUT2D eigenvalue weighted by Gasteiger charge is 2.10. The maximum Gasteiger partial charge on any atom is 0.258 e. The highest BCUT2D eigenvalue weighted by atomic mass is 35.5. The first-order valence-electron chi connectivity index (χ1n) is 6.65. The van der Waals surface area contributed by atoms with Crippen molar-refractivity contribution < 1.29 is 4.79 Å². The summed E-state index contributed by atoms with van der Waals surface area (Å²) < 4.78 is 0. The predicted molar refractivity (Wildman–Crippen MR) is 78.8 cm³/mol. The lowest BCUT2D eigenvalue weighted by Gasteiger charge is -2.26. The topological polar surface area (TPSA) is 32.3 Å². The van der Waals surface area contributed by atoms with Gasteiger partial charge < -0.3 is 0 Å². The lowest BCUT2D eigenvalue weighted by Crippen LogP contribution is -2.44. The first-order valence-corrected chi connectivity index (χ1v) is 7.03. The fourth-order valence-electron chi connectivity index (χ4n) is 2.08. The molecule has 1 amide bonds. The van der Waals surface area contributed by atoms with E-state index in [9.17, 15) is 4.79 Å². The quantitative estimate of drug-likeness (QED) is 0.862. The summed E-state index contributed by atoms with van der Waals surface area (Å²) in [4.78, 5) is 11.8. The molecule has 0 unspecified atom stereocenters. The van der Waals surface area contributed by atoms with Gasteiger partial charge >= 0.3 is 0 Å². The van der Waals surface area contributed by atoms with Crippen LogP contribution in [0.2, 0.25) is 5.02 Å². The average molecular weight is 279 g/mol. The van der Waals surface area contributed by atoms with Crippen LogP contribution in [0.5, 0.6) is 0 Å². The number of rotatable bonds is 3. The molecular weight excluding hydrogens is 260 g/mol. The van der Waals surface area contributed by atoms with Crippen LogP contribution in [-0.4, -0.2) is 24.0 Å². The van der Waals surface area contributed by atoms with E-state index in [-0.39, 0.29) is 5.91 Å². The molecule has 1 aliphatic heterocycles. The third-order valence-electron chi connectivity index (χ3n) is 3.25. The number of hydrogen-bond donors (Lipinski definition) is 1. The molecule has 1 aliphatic rings. The SMILES string of the molecule is Cc1ccc(/C=C/C(=O)NN2CCCCC2)cc1Cl. The van der Waals surface area contributed by atoms with E-state index in [1.165, 1.54) is 6.42 Å². The van der Waals surface area contributed by atoms with Crippen molar-refractivity contribution in [2.75, 3.05) is 13.1 Å². The van der Waals surface area contributed by atoms with Crippen molar-refractivity contribution in [1.82, 2.24) is 10.4 Å². The first-order chi connectivity index (χ1) is 9.15. The van der Waals surface area contributed by atoms with Crippen molar-refractivity contribution in [1.29, 1.82) is 0 Å². The molecule has 0 atom stereocenters. The number of amides is 1. The molecule has 102 valence electrons. The standard InChI is InChI=1S/C15H19ClN2O/c1-12-5-6-13(11-14(12)16)7-8-15(19)17-18-9-3-2-4-10-18/h5-8,11H,2-4,9-10H2,1H3,(H,17,19)/b8-7+. The zero-order chi connectivity index (χ0) is 13.7. The van der Waals surface area contributed by atoms with E-state index in [0.29, 0.717) is 0 Å². The molecule has 1 fully saturated rings. The second-order valence-corrected chi connectivity index (χ2v) is 5.27. The molecule has 4 heteroatoms. The minimum atomic E-state index is -0.0846. The largest absolute Gasteiger partial charge is 0.285 e. The van der Waals surface area contributed by atoms with Crippen LogP contribution in [0, 0.1) is 6.92 Å². The van der Waals surface area contributed by atoms with Gasteiger partial charge in [-0.25, -0.2) is 5.01 Å². The number of hydrazine groups is 1. The zero-order valence-electron chi connectivity index (χ0n) is 11.2. The Morgan fingerprint density at radius 1 is 1.32 bits per heavy atom. The monoisotopic (exact) mass is 278 g/mol. The van der Waals surface area contributed by atoms with Crippen molar-refractivity contribution in [2.24, 2.45) is 0 Å². The van der Waals surface area contributed by atoms with Gasteiger partial charge in [-0.05, 0) is 43.0 Å². The fraction of sp³-hybridized carbons (Fsp3) is 0.400. The molecule has 0 aliphatic carbocycles. The summed E-state index contributed by atoms with van der Waals surface area (Å²) in [7, 11) is 0. The van der Waals surface area contributed by atoms with Gasteiger partial charge in [-0.1, -0.05) is 30.2 Å². The van der Waals surface area contributed by atoms with Crippen LogP contribution < -0.4 is 5.43 Å². The molecule has 0 aromatic heterocycles. The van der Waals surface area contributed by atoms with Crippen LogP contribution in [0.4, 0.5) is 0 Å². The Morgan fingerprint density at radius 3 is 2.74 bits per heavy atom. The van der Waals surface area contributed by atoms with E-state index in [2.05, 4.69) is 5.43 Å². The third kappa shape index (κ3) is 4.37. The Hall–Kier alpha value is -1.32. The zero-order valence-corrected chi connectivity index (χ0v) is 11.9. The number of piperidine rings is 1. The number of halogens is 1. The van der Waals surface area contributed by atoms with Crippen molar-refractivity contribution in [3.63, 3.8) is 0 Å². The second kappa shape index (κ2) is 6.73. The molecule has 1 N–H and O–H groups in total. The fourth-order valence-corrected chi connectivity index (χ4v) is 2.27. The Bertz CT molecular complexity index is 479. The van der Waals surface area contributed by atoms with Crippen molar-refractivity contribution in [3.05, 3.63) is 40.4 Å². The van der Waals surface area contributed by atoms with Crippen LogP contribution in [0.25, 0.3) is 6.08 Å². The van der Waals surface area contributed by atoms with Crippen molar-refractivity contribution >= 4 is 23.6 Å². The molecule has 0 spiro atoms. The summed E-state index contributed by atoms with van der Waals surface area (Å²) in [6.45, 7) is 3.84.